The highest BCUT2D eigenvalue weighted by Crippen LogP contribution is 2.12. The molecule has 0 radical (unpaired) electrons. The number of benzene rings is 2. The van der Waals surface area contributed by atoms with Crippen LogP contribution < -0.4 is 0 Å². The molecule has 4 nitrogen and oxygen atoms in total. The van der Waals surface area contributed by atoms with Crippen LogP contribution in [0.3, 0.4) is 0 Å². The highest BCUT2D eigenvalue weighted by atomic mass is 35.5. The minimum absolute atomic E-state index is 0.226. The van der Waals surface area contributed by atoms with Gasteiger partial charge in [0.25, 0.3) is 0 Å². The van der Waals surface area contributed by atoms with E-state index < -0.39 is 0 Å². The normalized spacial score (nSPS) is 10.6. The van der Waals surface area contributed by atoms with E-state index in [2.05, 4.69) is 22.1 Å². The molecule has 25 heavy (non-hydrogen) atoms. The standard InChI is InChI=1S/C20H19ClN2O2/c21-18-6-4-16(5-7-18)12-20(24)25-9-8-15-2-1-3-17(10-15)11-19-13-22-14-23-19/h1-7,10,13-14H,8-9,11-12H2,(H,22,23). The third-order valence-electron chi connectivity index (χ3n) is 3.86. The van der Waals surface area contributed by atoms with Crippen LogP contribution in [0.15, 0.2) is 61.1 Å². The number of aromatic nitrogens is 2. The maximum atomic E-state index is 11.9. The second kappa shape index (κ2) is 8.49. The number of carbonyl (C=O) groups is 1. The van der Waals surface area contributed by atoms with Gasteiger partial charge in [-0.05, 0) is 28.8 Å². The second-order valence-electron chi connectivity index (χ2n) is 5.85. The molecule has 0 amide bonds. The summed E-state index contributed by atoms with van der Waals surface area (Å²) in [6, 6.07) is 15.5. The lowest BCUT2D eigenvalue weighted by molar-refractivity contribution is -0.142. The van der Waals surface area contributed by atoms with Crippen LogP contribution in [0.1, 0.15) is 22.4 Å². The minimum atomic E-state index is -0.226. The van der Waals surface area contributed by atoms with Crippen molar-refractivity contribution in [3.8, 4) is 0 Å². The minimum Gasteiger partial charge on any atom is -0.465 e. The van der Waals surface area contributed by atoms with E-state index in [1.165, 1.54) is 5.56 Å². The predicted molar refractivity (Wildman–Crippen MR) is 97.7 cm³/mol. The number of hydrogen-bond acceptors (Lipinski definition) is 3. The van der Waals surface area contributed by atoms with Crippen molar-refractivity contribution in [3.05, 3.63) is 88.5 Å². The molecule has 0 aliphatic carbocycles. The van der Waals surface area contributed by atoms with Crippen molar-refractivity contribution in [2.24, 2.45) is 0 Å². The number of rotatable bonds is 7. The molecular weight excluding hydrogens is 336 g/mol. The van der Waals surface area contributed by atoms with Crippen LogP contribution in [-0.2, 0) is 28.8 Å². The number of nitrogens with one attached hydrogen (secondary N) is 1. The summed E-state index contributed by atoms with van der Waals surface area (Å²) in [5, 5.41) is 0.659. The molecule has 3 rings (SSSR count). The monoisotopic (exact) mass is 354 g/mol. The largest absolute Gasteiger partial charge is 0.465 e. The third-order valence-corrected chi connectivity index (χ3v) is 4.11. The summed E-state index contributed by atoms with van der Waals surface area (Å²) in [6.45, 7) is 0.375. The Bertz CT molecular complexity index is 814. The Hall–Kier alpha value is -2.59. The highest BCUT2D eigenvalue weighted by Gasteiger charge is 2.06. The van der Waals surface area contributed by atoms with Gasteiger partial charge < -0.3 is 9.72 Å². The zero-order chi connectivity index (χ0) is 17.5. The van der Waals surface area contributed by atoms with Crippen LogP contribution in [0.4, 0.5) is 0 Å². The Morgan fingerprint density at radius 2 is 1.88 bits per heavy atom. The number of ether oxygens (including phenoxy) is 1. The molecule has 0 saturated heterocycles. The molecular formula is C20H19ClN2O2. The molecule has 1 N–H and O–H groups in total. The van der Waals surface area contributed by atoms with Gasteiger partial charge >= 0.3 is 5.97 Å². The highest BCUT2D eigenvalue weighted by molar-refractivity contribution is 6.30. The van der Waals surface area contributed by atoms with Crippen LogP contribution in [-0.4, -0.2) is 22.5 Å². The van der Waals surface area contributed by atoms with Gasteiger partial charge in [0, 0.05) is 29.8 Å². The average molecular weight is 355 g/mol. The number of esters is 1. The van der Waals surface area contributed by atoms with Crippen LogP contribution in [0, 0.1) is 0 Å². The number of imidazole rings is 1. The molecule has 3 aromatic rings. The average Bonchev–Trinajstić information content (AvgIpc) is 3.10. The summed E-state index contributed by atoms with van der Waals surface area (Å²) >= 11 is 5.84. The van der Waals surface area contributed by atoms with Crippen molar-refractivity contribution in [1.29, 1.82) is 0 Å². The first-order valence-electron chi connectivity index (χ1n) is 8.14. The zero-order valence-electron chi connectivity index (χ0n) is 13.7. The van der Waals surface area contributed by atoms with E-state index in [-0.39, 0.29) is 12.4 Å². The number of carbonyl (C=O) groups excluding carboxylic acids is 1. The number of nitrogens with zero attached hydrogens (tertiary/aromatic N) is 1. The molecule has 5 heteroatoms. The third kappa shape index (κ3) is 5.47. The Morgan fingerprint density at radius 1 is 1.08 bits per heavy atom. The molecule has 0 aliphatic heterocycles. The lowest BCUT2D eigenvalue weighted by atomic mass is 10.1. The Labute approximate surface area is 151 Å². The molecule has 0 atom stereocenters. The molecule has 0 unspecified atom stereocenters. The van der Waals surface area contributed by atoms with Gasteiger partial charge in [-0.25, -0.2) is 4.98 Å². The van der Waals surface area contributed by atoms with E-state index in [0.29, 0.717) is 18.1 Å². The Balaban J connectivity index is 1.46. The van der Waals surface area contributed by atoms with E-state index in [1.54, 1.807) is 18.5 Å². The van der Waals surface area contributed by atoms with Gasteiger partial charge in [0.1, 0.15) is 0 Å². The number of halogens is 1. The van der Waals surface area contributed by atoms with Crippen molar-refractivity contribution in [2.45, 2.75) is 19.3 Å². The maximum absolute atomic E-state index is 11.9. The lowest BCUT2D eigenvalue weighted by Gasteiger charge is -2.07. The fourth-order valence-corrected chi connectivity index (χ4v) is 2.73. The van der Waals surface area contributed by atoms with Crippen LogP contribution >= 0.6 is 11.6 Å². The smallest absolute Gasteiger partial charge is 0.310 e. The number of H-pyrrole nitrogens is 1. The van der Waals surface area contributed by atoms with Crippen LogP contribution in [0.5, 0.6) is 0 Å². The van der Waals surface area contributed by atoms with Crippen molar-refractivity contribution in [2.75, 3.05) is 6.61 Å². The van der Waals surface area contributed by atoms with E-state index in [1.807, 2.05) is 30.5 Å². The Kier molecular flexibility index (Phi) is 5.86. The van der Waals surface area contributed by atoms with Crippen molar-refractivity contribution < 1.29 is 9.53 Å². The topological polar surface area (TPSA) is 55.0 Å². The Morgan fingerprint density at radius 3 is 2.64 bits per heavy atom. The summed E-state index contributed by atoms with van der Waals surface area (Å²) in [6.07, 6.45) is 5.27. The van der Waals surface area contributed by atoms with Gasteiger partial charge in [-0.3, -0.25) is 4.79 Å². The molecule has 1 aromatic heterocycles. The van der Waals surface area contributed by atoms with Crippen LogP contribution in [0.25, 0.3) is 0 Å². The molecule has 0 saturated carbocycles. The summed E-state index contributed by atoms with van der Waals surface area (Å²) < 4.78 is 5.34. The van der Waals surface area contributed by atoms with Crippen molar-refractivity contribution in [1.82, 2.24) is 9.97 Å². The predicted octanol–water partition coefficient (Wildman–Crippen LogP) is 3.98. The zero-order valence-corrected chi connectivity index (χ0v) is 14.5. The van der Waals surface area contributed by atoms with Gasteiger partial charge in [-0.15, -0.1) is 0 Å². The molecule has 0 aliphatic rings. The quantitative estimate of drug-likeness (QED) is 0.653. The second-order valence-corrected chi connectivity index (χ2v) is 6.28. The summed E-state index contributed by atoms with van der Waals surface area (Å²) in [5.41, 5.74) is 4.33. The number of aromatic amines is 1. The first-order valence-corrected chi connectivity index (χ1v) is 8.52. The van der Waals surface area contributed by atoms with Gasteiger partial charge in [-0.1, -0.05) is 48.0 Å². The summed E-state index contributed by atoms with van der Waals surface area (Å²) in [5.74, 6) is -0.226. The van der Waals surface area contributed by atoms with Crippen LogP contribution in [0.2, 0.25) is 5.02 Å². The lowest BCUT2D eigenvalue weighted by Crippen LogP contribution is -2.10. The van der Waals surface area contributed by atoms with Gasteiger partial charge in [0.05, 0.1) is 19.4 Å². The fraction of sp³-hybridized carbons (Fsp3) is 0.200. The first-order chi connectivity index (χ1) is 12.2. The van der Waals surface area contributed by atoms with E-state index in [0.717, 1.165) is 23.2 Å². The molecule has 128 valence electrons. The summed E-state index contributed by atoms with van der Waals surface area (Å²) in [4.78, 5) is 19.0. The molecule has 1 heterocycles. The maximum Gasteiger partial charge on any atom is 0.310 e. The van der Waals surface area contributed by atoms with Gasteiger partial charge in [-0.2, -0.15) is 0 Å². The first kappa shape index (κ1) is 17.2. The van der Waals surface area contributed by atoms with E-state index in [9.17, 15) is 4.79 Å². The fourth-order valence-electron chi connectivity index (χ4n) is 2.60. The van der Waals surface area contributed by atoms with E-state index in [4.69, 9.17) is 16.3 Å². The molecule has 0 fully saturated rings. The van der Waals surface area contributed by atoms with Crippen molar-refractivity contribution in [3.63, 3.8) is 0 Å². The van der Waals surface area contributed by atoms with E-state index >= 15 is 0 Å². The molecule has 0 spiro atoms. The van der Waals surface area contributed by atoms with Gasteiger partial charge in [0.15, 0.2) is 0 Å². The number of hydrogen-bond donors (Lipinski definition) is 1. The molecule has 0 bridgehead atoms. The SMILES string of the molecule is O=C(Cc1ccc(Cl)cc1)OCCc1cccc(Cc2cnc[nH]2)c1. The van der Waals surface area contributed by atoms with Gasteiger partial charge in [0.2, 0.25) is 0 Å². The molecule has 2 aromatic carbocycles. The van der Waals surface area contributed by atoms with Crippen molar-refractivity contribution >= 4 is 17.6 Å². The summed E-state index contributed by atoms with van der Waals surface area (Å²) in [7, 11) is 0.